The van der Waals surface area contributed by atoms with Gasteiger partial charge < -0.3 is 11.5 Å². The highest BCUT2D eigenvalue weighted by atomic mass is 19.4. The quantitative estimate of drug-likeness (QED) is 0.243. The van der Waals surface area contributed by atoms with E-state index in [4.69, 9.17) is 11.5 Å². The van der Waals surface area contributed by atoms with E-state index in [0.29, 0.717) is 18.4 Å². The van der Waals surface area contributed by atoms with E-state index >= 15 is 0 Å². The predicted molar refractivity (Wildman–Crippen MR) is 144 cm³/mol. The first-order chi connectivity index (χ1) is 17.7. The van der Waals surface area contributed by atoms with E-state index < -0.39 is 17.8 Å². The maximum Gasteiger partial charge on any atom is 0.416 e. The van der Waals surface area contributed by atoms with Crippen LogP contribution in [0.5, 0.6) is 0 Å². The summed E-state index contributed by atoms with van der Waals surface area (Å²) in [6.45, 7) is 2.01. The van der Waals surface area contributed by atoms with Crippen LogP contribution in [-0.2, 0) is 6.18 Å². The first-order valence-electron chi connectivity index (χ1n) is 12.6. The molecule has 0 saturated carbocycles. The van der Waals surface area contributed by atoms with E-state index in [-0.39, 0.29) is 17.9 Å². The van der Waals surface area contributed by atoms with Crippen LogP contribution < -0.4 is 11.5 Å². The van der Waals surface area contributed by atoms with Gasteiger partial charge in [-0.2, -0.15) is 13.2 Å². The second-order valence-electron chi connectivity index (χ2n) is 9.70. The fourth-order valence-electron chi connectivity index (χ4n) is 5.09. The SMILES string of the molecule is Cc1ccc(C(C(N)c2ccccc2)C(CCC(N)c2ccccc2)c2cccc(C(F)(F)F)c2)cc1. The highest BCUT2D eigenvalue weighted by Crippen LogP contribution is 2.45. The van der Waals surface area contributed by atoms with Gasteiger partial charge in [0.15, 0.2) is 0 Å². The van der Waals surface area contributed by atoms with Crippen molar-refractivity contribution in [2.24, 2.45) is 11.5 Å². The molecule has 2 nitrogen and oxygen atoms in total. The number of hydrogen-bond donors (Lipinski definition) is 2. The van der Waals surface area contributed by atoms with E-state index in [9.17, 15) is 13.2 Å². The largest absolute Gasteiger partial charge is 0.416 e. The van der Waals surface area contributed by atoms with Crippen molar-refractivity contribution < 1.29 is 13.2 Å². The van der Waals surface area contributed by atoms with Crippen molar-refractivity contribution in [3.05, 3.63) is 143 Å². The zero-order valence-electron chi connectivity index (χ0n) is 20.9. The molecule has 4 unspecified atom stereocenters. The number of rotatable bonds is 9. The van der Waals surface area contributed by atoms with E-state index in [1.165, 1.54) is 12.1 Å². The van der Waals surface area contributed by atoms with Crippen LogP contribution in [-0.4, -0.2) is 0 Å². The molecule has 0 aromatic heterocycles. The Morgan fingerprint density at radius 3 is 1.78 bits per heavy atom. The minimum Gasteiger partial charge on any atom is -0.324 e. The van der Waals surface area contributed by atoms with Crippen molar-refractivity contribution in [3.63, 3.8) is 0 Å². The second-order valence-corrected chi connectivity index (χ2v) is 9.70. The Morgan fingerprint density at radius 1 is 0.622 bits per heavy atom. The molecule has 0 amide bonds. The normalized spacial score (nSPS) is 15.1. The van der Waals surface area contributed by atoms with Gasteiger partial charge in [-0.05, 0) is 54.0 Å². The van der Waals surface area contributed by atoms with Gasteiger partial charge in [-0.25, -0.2) is 0 Å². The van der Waals surface area contributed by atoms with E-state index in [1.54, 1.807) is 6.07 Å². The molecule has 0 heterocycles. The Bertz CT molecular complexity index is 1250. The maximum absolute atomic E-state index is 13.7. The molecule has 4 N–H and O–H groups in total. The zero-order chi connectivity index (χ0) is 26.4. The lowest BCUT2D eigenvalue weighted by Crippen LogP contribution is -2.26. The minimum absolute atomic E-state index is 0.235. The fourth-order valence-corrected chi connectivity index (χ4v) is 5.09. The van der Waals surface area contributed by atoms with Gasteiger partial charge in [0.25, 0.3) is 0 Å². The lowest BCUT2D eigenvalue weighted by molar-refractivity contribution is -0.137. The van der Waals surface area contributed by atoms with Crippen LogP contribution >= 0.6 is 0 Å². The average Bonchev–Trinajstić information content (AvgIpc) is 2.92. The molecule has 4 rings (SSSR count). The third-order valence-electron chi connectivity index (χ3n) is 7.13. The number of aryl methyl sites for hydroxylation is 1. The molecule has 0 aliphatic heterocycles. The smallest absolute Gasteiger partial charge is 0.324 e. The van der Waals surface area contributed by atoms with Crippen LogP contribution in [0.3, 0.4) is 0 Å². The molecule has 0 aliphatic rings. The molecule has 0 radical (unpaired) electrons. The molecule has 4 aromatic carbocycles. The molecule has 4 aromatic rings. The van der Waals surface area contributed by atoms with Crippen molar-refractivity contribution in [3.8, 4) is 0 Å². The molecule has 0 bridgehead atoms. The summed E-state index contributed by atoms with van der Waals surface area (Å²) < 4.78 is 41.1. The molecule has 0 aliphatic carbocycles. The highest BCUT2D eigenvalue weighted by Gasteiger charge is 2.35. The van der Waals surface area contributed by atoms with E-state index in [0.717, 1.165) is 28.3 Å². The van der Waals surface area contributed by atoms with Crippen molar-refractivity contribution in [1.29, 1.82) is 0 Å². The molecule has 37 heavy (non-hydrogen) atoms. The lowest BCUT2D eigenvalue weighted by atomic mass is 9.72. The summed E-state index contributed by atoms with van der Waals surface area (Å²) in [6, 6.07) is 32.7. The van der Waals surface area contributed by atoms with Gasteiger partial charge in [-0.15, -0.1) is 0 Å². The van der Waals surface area contributed by atoms with Crippen LogP contribution in [0.2, 0.25) is 0 Å². The number of benzene rings is 4. The Balaban J connectivity index is 1.79. The second kappa shape index (κ2) is 11.8. The summed E-state index contributed by atoms with van der Waals surface area (Å²) in [5.74, 6) is -0.538. The van der Waals surface area contributed by atoms with Gasteiger partial charge in [0.05, 0.1) is 5.56 Å². The standard InChI is InChI=1S/C32H33F3N2/c1-22-15-17-24(18-16-22)30(31(37)25-11-6-3-7-12-25)28(19-20-29(36)23-9-4-2-5-10-23)26-13-8-14-27(21-26)32(33,34)35/h2-18,21,28-31H,19-20,36-37H2,1H3. The first kappa shape index (κ1) is 26.6. The lowest BCUT2D eigenvalue weighted by Gasteiger charge is -2.34. The van der Waals surface area contributed by atoms with Crippen molar-refractivity contribution in [2.45, 2.75) is 49.9 Å². The third-order valence-corrected chi connectivity index (χ3v) is 7.13. The Labute approximate surface area is 217 Å². The van der Waals surface area contributed by atoms with Gasteiger partial charge in [0.1, 0.15) is 0 Å². The van der Waals surface area contributed by atoms with Gasteiger partial charge in [0, 0.05) is 18.0 Å². The third kappa shape index (κ3) is 6.68. The zero-order valence-corrected chi connectivity index (χ0v) is 20.9. The van der Waals surface area contributed by atoms with Gasteiger partial charge in [0.2, 0.25) is 0 Å². The molecular weight excluding hydrogens is 469 g/mol. The Kier molecular flexibility index (Phi) is 8.47. The van der Waals surface area contributed by atoms with Gasteiger partial charge in [-0.3, -0.25) is 0 Å². The molecule has 0 fully saturated rings. The minimum atomic E-state index is -4.43. The first-order valence-corrected chi connectivity index (χ1v) is 12.6. The monoisotopic (exact) mass is 502 g/mol. The summed E-state index contributed by atoms with van der Waals surface area (Å²) in [7, 11) is 0. The number of nitrogens with two attached hydrogens (primary N) is 2. The van der Waals surface area contributed by atoms with Crippen molar-refractivity contribution in [1.82, 2.24) is 0 Å². The van der Waals surface area contributed by atoms with Crippen LogP contribution in [0.25, 0.3) is 0 Å². The average molecular weight is 503 g/mol. The Morgan fingerprint density at radius 2 is 1.19 bits per heavy atom. The Hall–Kier alpha value is -3.41. The number of halogens is 3. The van der Waals surface area contributed by atoms with Crippen LogP contribution in [0.15, 0.2) is 109 Å². The molecule has 0 saturated heterocycles. The van der Waals surface area contributed by atoms with Crippen LogP contribution in [0, 0.1) is 6.92 Å². The number of alkyl halides is 3. The summed E-state index contributed by atoms with van der Waals surface area (Å²) in [5, 5.41) is 0. The van der Waals surface area contributed by atoms with Crippen LogP contribution in [0.4, 0.5) is 13.2 Å². The molecule has 0 spiro atoms. The fraction of sp³-hybridized carbons (Fsp3) is 0.250. The van der Waals surface area contributed by atoms with Crippen molar-refractivity contribution in [2.75, 3.05) is 0 Å². The van der Waals surface area contributed by atoms with E-state index in [1.807, 2.05) is 91.9 Å². The van der Waals surface area contributed by atoms with Gasteiger partial charge >= 0.3 is 6.18 Å². The van der Waals surface area contributed by atoms with Crippen LogP contribution in [0.1, 0.15) is 70.1 Å². The molecule has 5 heteroatoms. The van der Waals surface area contributed by atoms with Crippen molar-refractivity contribution >= 4 is 0 Å². The highest BCUT2D eigenvalue weighted by molar-refractivity contribution is 5.37. The van der Waals surface area contributed by atoms with Gasteiger partial charge in [-0.1, -0.05) is 109 Å². The molecule has 192 valence electrons. The molecule has 4 atom stereocenters. The predicted octanol–water partition coefficient (Wildman–Crippen LogP) is 8.06. The van der Waals surface area contributed by atoms with E-state index in [2.05, 4.69) is 0 Å². The summed E-state index contributed by atoms with van der Waals surface area (Å²) in [6.07, 6.45) is -3.24. The maximum atomic E-state index is 13.7. The molecular formula is C32H33F3N2. The summed E-state index contributed by atoms with van der Waals surface area (Å²) >= 11 is 0. The number of hydrogen-bond acceptors (Lipinski definition) is 2. The topological polar surface area (TPSA) is 52.0 Å². The summed E-state index contributed by atoms with van der Waals surface area (Å²) in [4.78, 5) is 0. The summed E-state index contributed by atoms with van der Waals surface area (Å²) in [5.41, 5.74) is 17.5.